The van der Waals surface area contributed by atoms with Crippen LogP contribution in [0.4, 0.5) is 4.39 Å². The topological polar surface area (TPSA) is 87.0 Å². The molecule has 1 aromatic heterocycles. The van der Waals surface area contributed by atoms with Gasteiger partial charge in [-0.15, -0.1) is 0 Å². The van der Waals surface area contributed by atoms with E-state index in [2.05, 4.69) is 5.32 Å². The maximum absolute atomic E-state index is 14.2. The van der Waals surface area contributed by atoms with Gasteiger partial charge < -0.3 is 23.9 Å². The van der Waals surface area contributed by atoms with Crippen molar-refractivity contribution in [2.75, 3.05) is 0 Å². The Kier molecular flexibility index (Phi) is 6.74. The summed E-state index contributed by atoms with van der Waals surface area (Å²) in [5.41, 5.74) is 1.72. The van der Waals surface area contributed by atoms with Gasteiger partial charge >= 0.3 is 5.97 Å². The second-order valence-electron chi connectivity index (χ2n) is 8.00. The summed E-state index contributed by atoms with van der Waals surface area (Å²) in [6.45, 7) is 3.49. The van der Waals surface area contributed by atoms with Crippen LogP contribution in [0.3, 0.4) is 0 Å². The molecule has 0 bridgehead atoms. The number of carbonyl (C=O) groups excluding carboxylic acids is 2. The van der Waals surface area contributed by atoms with E-state index in [9.17, 15) is 14.0 Å². The van der Waals surface area contributed by atoms with Crippen LogP contribution in [0.15, 0.2) is 65.3 Å². The zero-order valence-electron chi connectivity index (χ0n) is 18.2. The number of nitrogens with one attached hydrogen (secondary N) is 1. The first-order chi connectivity index (χ1) is 15.9. The van der Waals surface area contributed by atoms with Crippen LogP contribution in [0.5, 0.6) is 5.75 Å². The van der Waals surface area contributed by atoms with Crippen molar-refractivity contribution in [3.05, 3.63) is 89.1 Å². The van der Waals surface area contributed by atoms with E-state index < -0.39 is 30.0 Å². The van der Waals surface area contributed by atoms with Crippen LogP contribution in [-0.4, -0.2) is 17.9 Å². The molecule has 7 nitrogen and oxygen atoms in total. The molecular weight excluding hydrogens is 429 g/mol. The third-order valence-electron chi connectivity index (χ3n) is 5.22. The molecule has 1 amide bonds. The maximum Gasteiger partial charge on any atom is 0.329 e. The molecule has 0 radical (unpaired) electrons. The van der Waals surface area contributed by atoms with E-state index in [-0.39, 0.29) is 24.9 Å². The number of hydrogen-bond acceptors (Lipinski definition) is 6. The molecule has 0 saturated carbocycles. The fourth-order valence-corrected chi connectivity index (χ4v) is 3.52. The van der Waals surface area contributed by atoms with E-state index in [0.717, 1.165) is 5.56 Å². The highest BCUT2D eigenvalue weighted by Crippen LogP contribution is 2.36. The summed E-state index contributed by atoms with van der Waals surface area (Å²) < 4.78 is 36.4. The summed E-state index contributed by atoms with van der Waals surface area (Å²) in [7, 11) is 0. The molecule has 1 aliphatic rings. The van der Waals surface area contributed by atoms with Gasteiger partial charge in [0.1, 0.15) is 24.2 Å². The second kappa shape index (κ2) is 9.87. The number of amides is 1. The van der Waals surface area contributed by atoms with Crippen LogP contribution < -0.4 is 10.1 Å². The van der Waals surface area contributed by atoms with Crippen molar-refractivity contribution in [1.82, 2.24) is 5.32 Å². The van der Waals surface area contributed by atoms with E-state index in [1.165, 1.54) is 24.5 Å². The van der Waals surface area contributed by atoms with Crippen molar-refractivity contribution >= 4 is 11.9 Å². The van der Waals surface area contributed by atoms with Gasteiger partial charge in [-0.1, -0.05) is 44.2 Å². The van der Waals surface area contributed by atoms with E-state index in [0.29, 0.717) is 16.9 Å². The predicted molar refractivity (Wildman–Crippen MR) is 116 cm³/mol. The van der Waals surface area contributed by atoms with Gasteiger partial charge in [0.25, 0.3) is 5.91 Å². The number of furan rings is 1. The number of esters is 1. The van der Waals surface area contributed by atoms with Crippen molar-refractivity contribution < 1.29 is 32.6 Å². The SMILES string of the molecule is CC(C)[C@@H](NC(=O)c1ccco1)C(=O)OCc1cc(F)cc2c1O[C@@H](c1ccccc1)OC2. The van der Waals surface area contributed by atoms with E-state index in [1.54, 1.807) is 19.9 Å². The summed E-state index contributed by atoms with van der Waals surface area (Å²) in [5.74, 6) is -1.39. The molecule has 0 aliphatic carbocycles. The molecule has 0 saturated heterocycles. The van der Waals surface area contributed by atoms with Gasteiger partial charge in [0.05, 0.1) is 12.9 Å². The predicted octanol–water partition coefficient (Wildman–Crippen LogP) is 4.52. The molecule has 172 valence electrons. The normalized spacial score (nSPS) is 15.9. The van der Waals surface area contributed by atoms with Crippen LogP contribution >= 0.6 is 0 Å². The Morgan fingerprint density at radius 3 is 2.64 bits per heavy atom. The van der Waals surface area contributed by atoms with Crippen molar-refractivity contribution in [1.29, 1.82) is 0 Å². The zero-order chi connectivity index (χ0) is 23.4. The highest BCUT2D eigenvalue weighted by molar-refractivity contribution is 5.94. The quantitative estimate of drug-likeness (QED) is 0.529. The molecule has 2 heterocycles. The number of carbonyl (C=O) groups is 2. The van der Waals surface area contributed by atoms with Crippen molar-refractivity contribution in [2.45, 2.75) is 39.4 Å². The van der Waals surface area contributed by atoms with Gasteiger partial charge in [-0.2, -0.15) is 0 Å². The highest BCUT2D eigenvalue weighted by Gasteiger charge is 2.29. The van der Waals surface area contributed by atoms with E-state index in [4.69, 9.17) is 18.6 Å². The Hall–Kier alpha value is -3.65. The lowest BCUT2D eigenvalue weighted by Gasteiger charge is -2.28. The number of rotatable bonds is 7. The lowest BCUT2D eigenvalue weighted by Crippen LogP contribution is -2.45. The molecule has 0 fully saturated rings. The van der Waals surface area contributed by atoms with E-state index in [1.807, 2.05) is 30.3 Å². The van der Waals surface area contributed by atoms with Gasteiger partial charge in [-0.25, -0.2) is 9.18 Å². The summed E-state index contributed by atoms with van der Waals surface area (Å²) in [6.07, 6.45) is 0.714. The first-order valence-corrected chi connectivity index (χ1v) is 10.6. The molecule has 2 aromatic carbocycles. The van der Waals surface area contributed by atoms with Crippen LogP contribution in [0.25, 0.3) is 0 Å². The van der Waals surface area contributed by atoms with Crippen LogP contribution in [-0.2, 0) is 27.5 Å². The van der Waals surface area contributed by atoms with E-state index >= 15 is 0 Å². The van der Waals surface area contributed by atoms with Crippen molar-refractivity contribution in [2.24, 2.45) is 5.92 Å². The number of hydrogen-bond donors (Lipinski definition) is 1. The number of ether oxygens (including phenoxy) is 3. The molecule has 0 unspecified atom stereocenters. The molecule has 4 rings (SSSR count). The second-order valence-corrected chi connectivity index (χ2v) is 8.00. The standard InChI is InChI=1S/C25H24FNO6/c1-15(2)21(27-23(28)20-9-6-10-30-20)24(29)31-13-17-11-19(26)12-18-14-32-25(33-22(17)18)16-7-4-3-5-8-16/h3-12,15,21,25H,13-14H2,1-2H3,(H,27,28)/t21-,25+/m1/s1. The average Bonchev–Trinajstić information content (AvgIpc) is 3.36. The Morgan fingerprint density at radius 2 is 1.94 bits per heavy atom. The smallest absolute Gasteiger partial charge is 0.329 e. The summed E-state index contributed by atoms with van der Waals surface area (Å²) in [5, 5.41) is 2.62. The van der Waals surface area contributed by atoms with Crippen LogP contribution in [0.2, 0.25) is 0 Å². The molecule has 0 spiro atoms. The molecule has 8 heteroatoms. The molecule has 1 N–H and O–H groups in total. The maximum atomic E-state index is 14.2. The van der Waals surface area contributed by atoms with Crippen LogP contribution in [0, 0.1) is 11.7 Å². The number of halogens is 1. The number of fused-ring (bicyclic) bond motifs is 1. The minimum Gasteiger partial charge on any atom is -0.460 e. The van der Waals surface area contributed by atoms with Gasteiger partial charge in [0.15, 0.2) is 5.76 Å². The average molecular weight is 453 g/mol. The summed E-state index contributed by atoms with van der Waals surface area (Å²) in [4.78, 5) is 25.1. The Morgan fingerprint density at radius 1 is 1.15 bits per heavy atom. The zero-order valence-corrected chi connectivity index (χ0v) is 18.2. The first-order valence-electron chi connectivity index (χ1n) is 10.6. The fraction of sp³-hybridized carbons (Fsp3) is 0.280. The molecule has 2 atom stereocenters. The van der Waals surface area contributed by atoms with Crippen LogP contribution in [0.1, 0.15) is 47.4 Å². The molecular formula is C25H24FNO6. The third-order valence-corrected chi connectivity index (χ3v) is 5.22. The lowest BCUT2D eigenvalue weighted by molar-refractivity contribution is -0.148. The van der Waals surface area contributed by atoms with Gasteiger partial charge in [-0.05, 0) is 30.2 Å². The van der Waals surface area contributed by atoms with Crippen molar-refractivity contribution in [3.63, 3.8) is 0 Å². The van der Waals surface area contributed by atoms with Crippen molar-refractivity contribution in [3.8, 4) is 5.75 Å². The third kappa shape index (κ3) is 5.23. The molecule has 1 aliphatic heterocycles. The first kappa shape index (κ1) is 22.5. The van der Waals surface area contributed by atoms with Gasteiger partial charge in [-0.3, -0.25) is 4.79 Å². The minimum absolute atomic E-state index is 0.0907. The highest BCUT2D eigenvalue weighted by atomic mass is 19.1. The largest absolute Gasteiger partial charge is 0.460 e. The molecule has 3 aromatic rings. The molecule has 33 heavy (non-hydrogen) atoms. The Bertz CT molecular complexity index is 1110. The monoisotopic (exact) mass is 453 g/mol. The fourth-order valence-electron chi connectivity index (χ4n) is 3.52. The Balaban J connectivity index is 1.48. The van der Waals surface area contributed by atoms with Gasteiger partial charge in [0.2, 0.25) is 6.29 Å². The summed E-state index contributed by atoms with van der Waals surface area (Å²) >= 11 is 0. The number of benzene rings is 2. The van der Waals surface area contributed by atoms with Gasteiger partial charge in [0, 0.05) is 16.7 Å². The lowest BCUT2D eigenvalue weighted by atomic mass is 10.0. The summed E-state index contributed by atoms with van der Waals surface area (Å²) in [6, 6.07) is 14.1. The Labute approximate surface area is 190 Å². The minimum atomic E-state index is -0.909.